The first-order chi connectivity index (χ1) is 14.1. The maximum atomic E-state index is 12.4. The lowest BCUT2D eigenvalue weighted by Crippen LogP contribution is -2.38. The summed E-state index contributed by atoms with van der Waals surface area (Å²) in [6, 6.07) is 11.1. The van der Waals surface area contributed by atoms with E-state index in [1.807, 2.05) is 31.2 Å². The molecule has 1 unspecified atom stereocenters. The zero-order chi connectivity index (χ0) is 20.2. The Kier molecular flexibility index (Phi) is 5.92. The van der Waals surface area contributed by atoms with Gasteiger partial charge in [0.1, 0.15) is 0 Å². The molecule has 148 valence electrons. The topological polar surface area (TPSA) is 84.0 Å². The van der Waals surface area contributed by atoms with Crippen molar-refractivity contribution in [3.63, 3.8) is 0 Å². The number of benzene rings is 1. The normalized spacial score (nSPS) is 15.4. The van der Waals surface area contributed by atoms with E-state index < -0.39 is 11.8 Å². The van der Waals surface area contributed by atoms with Gasteiger partial charge in [-0.25, -0.2) is 4.98 Å². The van der Waals surface area contributed by atoms with Crippen molar-refractivity contribution in [3.05, 3.63) is 64.4 Å². The van der Waals surface area contributed by atoms with Crippen molar-refractivity contribution in [2.24, 2.45) is 0 Å². The van der Waals surface area contributed by atoms with E-state index in [0.717, 1.165) is 44.6 Å². The summed E-state index contributed by atoms with van der Waals surface area (Å²) in [4.78, 5) is 36.4. The highest BCUT2D eigenvalue weighted by atomic mass is 32.2. The Balaban J connectivity index is 1.35. The van der Waals surface area contributed by atoms with Crippen LogP contribution in [0.1, 0.15) is 34.5 Å². The van der Waals surface area contributed by atoms with Gasteiger partial charge >= 0.3 is 11.8 Å². The molecule has 0 aliphatic heterocycles. The van der Waals surface area contributed by atoms with E-state index in [9.17, 15) is 9.59 Å². The summed E-state index contributed by atoms with van der Waals surface area (Å²) in [7, 11) is 0. The number of anilines is 1. The fourth-order valence-corrected chi connectivity index (χ4v) is 5.10. The zero-order valence-corrected chi connectivity index (χ0v) is 17.5. The lowest BCUT2D eigenvalue weighted by molar-refractivity contribution is -0.136. The van der Waals surface area contributed by atoms with Crippen LogP contribution in [0.4, 0.5) is 5.69 Å². The summed E-state index contributed by atoms with van der Waals surface area (Å²) in [5.74, 6) is -1.28. The van der Waals surface area contributed by atoms with Crippen LogP contribution < -0.4 is 10.6 Å². The number of carbonyl (C=O) groups is 2. The number of aryl methyl sites for hydroxylation is 2. The van der Waals surface area contributed by atoms with Crippen LogP contribution in [-0.4, -0.2) is 21.8 Å². The number of hydrogen-bond acceptors (Lipinski definition) is 6. The Morgan fingerprint density at radius 1 is 1.07 bits per heavy atom. The van der Waals surface area contributed by atoms with E-state index >= 15 is 0 Å². The lowest BCUT2D eigenvalue weighted by Gasteiger charge is -2.22. The van der Waals surface area contributed by atoms with Crippen LogP contribution >= 0.6 is 23.1 Å². The number of rotatable bonds is 4. The average Bonchev–Trinajstić information content (AvgIpc) is 3.11. The first-order valence-corrected chi connectivity index (χ1v) is 11.0. The van der Waals surface area contributed by atoms with Crippen molar-refractivity contribution in [2.45, 2.75) is 42.0 Å². The van der Waals surface area contributed by atoms with Crippen molar-refractivity contribution in [1.29, 1.82) is 0 Å². The highest BCUT2D eigenvalue weighted by molar-refractivity contribution is 7.99. The van der Waals surface area contributed by atoms with Gasteiger partial charge in [-0.1, -0.05) is 11.8 Å². The molecule has 29 heavy (non-hydrogen) atoms. The minimum Gasteiger partial charge on any atom is -0.340 e. The maximum Gasteiger partial charge on any atom is 0.313 e. The van der Waals surface area contributed by atoms with Crippen LogP contribution in [-0.2, 0) is 16.0 Å². The van der Waals surface area contributed by atoms with Crippen molar-refractivity contribution in [1.82, 2.24) is 15.3 Å². The molecule has 0 fully saturated rings. The monoisotopic (exact) mass is 424 g/mol. The third-order valence-corrected chi connectivity index (χ3v) is 6.71. The van der Waals surface area contributed by atoms with Gasteiger partial charge in [0.25, 0.3) is 0 Å². The molecule has 0 saturated carbocycles. The number of pyridine rings is 1. The molecule has 0 radical (unpaired) electrons. The molecule has 6 nitrogen and oxygen atoms in total. The first kappa shape index (κ1) is 19.6. The zero-order valence-electron chi connectivity index (χ0n) is 15.8. The summed E-state index contributed by atoms with van der Waals surface area (Å²) in [5.41, 5.74) is 1.63. The van der Waals surface area contributed by atoms with Crippen LogP contribution in [0, 0.1) is 6.92 Å². The van der Waals surface area contributed by atoms with Crippen molar-refractivity contribution < 1.29 is 9.59 Å². The molecule has 8 heteroatoms. The molecule has 3 aromatic rings. The third-order valence-electron chi connectivity index (χ3n) is 4.57. The second kappa shape index (κ2) is 8.75. The van der Waals surface area contributed by atoms with Gasteiger partial charge in [0.15, 0.2) is 0 Å². The van der Waals surface area contributed by atoms with Gasteiger partial charge in [-0.15, -0.1) is 11.3 Å². The molecular weight excluding hydrogens is 404 g/mol. The summed E-state index contributed by atoms with van der Waals surface area (Å²) in [6.07, 6.45) is 6.22. The molecule has 1 atom stereocenters. The van der Waals surface area contributed by atoms with E-state index in [0.29, 0.717) is 5.69 Å². The lowest BCUT2D eigenvalue weighted by atomic mass is 9.98. The number of nitrogens with zero attached hydrogens (tertiary/aromatic N) is 2. The smallest absolute Gasteiger partial charge is 0.313 e. The van der Waals surface area contributed by atoms with Gasteiger partial charge in [0, 0.05) is 27.9 Å². The molecule has 0 spiro atoms. The number of amides is 2. The number of aromatic nitrogens is 2. The summed E-state index contributed by atoms with van der Waals surface area (Å²) in [5, 5.41) is 6.52. The molecule has 2 heterocycles. The summed E-state index contributed by atoms with van der Waals surface area (Å²) in [6.45, 7) is 1.96. The largest absolute Gasteiger partial charge is 0.340 e. The first-order valence-electron chi connectivity index (χ1n) is 9.34. The molecule has 2 amide bonds. The van der Waals surface area contributed by atoms with Gasteiger partial charge in [0.05, 0.1) is 21.6 Å². The van der Waals surface area contributed by atoms with Gasteiger partial charge in [-0.2, -0.15) is 0 Å². The van der Waals surface area contributed by atoms with E-state index in [-0.39, 0.29) is 6.04 Å². The number of nitrogens with one attached hydrogen (secondary N) is 2. The van der Waals surface area contributed by atoms with E-state index in [1.165, 1.54) is 0 Å². The third kappa shape index (κ3) is 4.83. The second-order valence-electron chi connectivity index (χ2n) is 6.73. The highest BCUT2D eigenvalue weighted by Gasteiger charge is 2.27. The molecule has 1 aliphatic carbocycles. The summed E-state index contributed by atoms with van der Waals surface area (Å²) >= 11 is 3.20. The quantitative estimate of drug-likeness (QED) is 0.615. The summed E-state index contributed by atoms with van der Waals surface area (Å²) < 4.78 is 0. The molecule has 1 aliphatic rings. The molecule has 0 bridgehead atoms. The molecule has 0 saturated heterocycles. The number of carbonyl (C=O) groups excluding carboxylic acids is 2. The van der Waals surface area contributed by atoms with E-state index in [2.05, 4.69) is 20.6 Å². The Labute approximate surface area is 177 Å². The second-order valence-corrected chi connectivity index (χ2v) is 9.11. The van der Waals surface area contributed by atoms with Gasteiger partial charge in [-0.05, 0) is 62.6 Å². The molecule has 4 rings (SSSR count). The number of thiazole rings is 1. The van der Waals surface area contributed by atoms with Crippen LogP contribution in [0.15, 0.2) is 58.6 Å². The molecule has 2 N–H and O–H groups in total. The van der Waals surface area contributed by atoms with Gasteiger partial charge in [-0.3, -0.25) is 14.6 Å². The van der Waals surface area contributed by atoms with Crippen LogP contribution in [0.5, 0.6) is 0 Å². The fourth-order valence-electron chi connectivity index (χ4n) is 3.24. The Morgan fingerprint density at radius 3 is 2.55 bits per heavy atom. The maximum absolute atomic E-state index is 12.4. The fraction of sp³-hybridized carbons (Fsp3) is 0.238. The predicted molar refractivity (Wildman–Crippen MR) is 114 cm³/mol. The minimum absolute atomic E-state index is 0.137. The number of fused-ring (bicyclic) bond motifs is 1. The average molecular weight is 425 g/mol. The molecule has 1 aromatic carbocycles. The van der Waals surface area contributed by atoms with E-state index in [4.69, 9.17) is 0 Å². The Bertz CT molecular complexity index is 1020. The SMILES string of the molecule is Cc1nc2c(s1)C(NC(=O)C(=O)Nc1ccc(Sc3ccncc3)cc1)CCC2. The molecular formula is C21H20N4O2S2. The van der Waals surface area contributed by atoms with Gasteiger partial charge in [0.2, 0.25) is 0 Å². The van der Waals surface area contributed by atoms with Gasteiger partial charge < -0.3 is 10.6 Å². The standard InChI is InChI=1S/C21H20N4O2S2/c1-13-23-17-3-2-4-18(19(17)28-13)25-21(27)20(26)24-14-5-7-15(8-6-14)29-16-9-11-22-12-10-16/h5-12,18H,2-4H2,1H3,(H,24,26)(H,25,27). The van der Waals surface area contributed by atoms with E-state index in [1.54, 1.807) is 47.6 Å². The predicted octanol–water partition coefficient (Wildman–Crippen LogP) is 4.13. The Hall–Kier alpha value is -2.71. The Morgan fingerprint density at radius 2 is 1.79 bits per heavy atom. The number of hydrogen-bond donors (Lipinski definition) is 2. The minimum atomic E-state index is -0.659. The van der Waals surface area contributed by atoms with Crippen LogP contribution in [0.3, 0.4) is 0 Å². The van der Waals surface area contributed by atoms with Crippen LogP contribution in [0.2, 0.25) is 0 Å². The van der Waals surface area contributed by atoms with Crippen LogP contribution in [0.25, 0.3) is 0 Å². The van der Waals surface area contributed by atoms with Crippen molar-refractivity contribution >= 4 is 40.6 Å². The van der Waals surface area contributed by atoms with Crippen molar-refractivity contribution in [2.75, 3.05) is 5.32 Å². The highest BCUT2D eigenvalue weighted by Crippen LogP contribution is 2.34. The molecule has 2 aromatic heterocycles. The van der Waals surface area contributed by atoms with Crippen molar-refractivity contribution in [3.8, 4) is 0 Å².